The van der Waals surface area contributed by atoms with Gasteiger partial charge in [0.2, 0.25) is 0 Å². The molecule has 1 aliphatic rings. The monoisotopic (exact) mass is 238 g/mol. The second-order valence-electron chi connectivity index (χ2n) is 4.32. The molecule has 0 saturated heterocycles. The largest absolute Gasteiger partial charge is 0.460 e. The lowest BCUT2D eigenvalue weighted by atomic mass is 9.85. The van der Waals surface area contributed by atoms with E-state index in [9.17, 15) is 4.79 Å². The van der Waals surface area contributed by atoms with Crippen molar-refractivity contribution >= 4 is 5.97 Å². The van der Waals surface area contributed by atoms with Crippen molar-refractivity contribution in [2.45, 2.75) is 44.6 Å². The Morgan fingerprint density at radius 3 is 3.00 bits per heavy atom. The zero-order valence-corrected chi connectivity index (χ0v) is 9.98. The molecule has 0 spiro atoms. The zero-order valence-electron chi connectivity index (χ0n) is 9.98. The van der Waals surface area contributed by atoms with E-state index >= 15 is 0 Å². The maximum atomic E-state index is 11.4. The standard InChI is InChI=1S/C11H18N4O2/c1-2-17-11(16)10-13-9(14-15-10)7-5-3-4-6-8(7)12/h7-8H,2-6,12H2,1H3,(H,13,14,15). The van der Waals surface area contributed by atoms with Gasteiger partial charge in [0.1, 0.15) is 5.82 Å². The second-order valence-corrected chi connectivity index (χ2v) is 4.32. The van der Waals surface area contributed by atoms with E-state index in [4.69, 9.17) is 10.5 Å². The highest BCUT2D eigenvalue weighted by Crippen LogP contribution is 2.29. The topological polar surface area (TPSA) is 93.9 Å². The quantitative estimate of drug-likeness (QED) is 0.765. The van der Waals surface area contributed by atoms with Crippen LogP contribution in [0.4, 0.5) is 0 Å². The average molecular weight is 238 g/mol. The predicted molar refractivity (Wildman–Crippen MR) is 61.5 cm³/mol. The van der Waals surface area contributed by atoms with Crippen LogP contribution in [0.2, 0.25) is 0 Å². The fourth-order valence-electron chi connectivity index (χ4n) is 2.23. The molecule has 1 heterocycles. The van der Waals surface area contributed by atoms with Crippen LogP contribution < -0.4 is 5.73 Å². The summed E-state index contributed by atoms with van der Waals surface area (Å²) in [5.41, 5.74) is 6.05. The molecular weight excluding hydrogens is 220 g/mol. The van der Waals surface area contributed by atoms with Crippen LogP contribution in [-0.2, 0) is 4.74 Å². The molecule has 1 aromatic heterocycles. The minimum atomic E-state index is -0.487. The first-order chi connectivity index (χ1) is 8.22. The highest BCUT2D eigenvalue weighted by atomic mass is 16.5. The van der Waals surface area contributed by atoms with E-state index < -0.39 is 5.97 Å². The molecule has 17 heavy (non-hydrogen) atoms. The number of ether oxygens (including phenoxy) is 1. The van der Waals surface area contributed by atoms with Gasteiger partial charge in [0, 0.05) is 12.0 Å². The average Bonchev–Trinajstić information content (AvgIpc) is 2.79. The highest BCUT2D eigenvalue weighted by Gasteiger charge is 2.27. The van der Waals surface area contributed by atoms with Gasteiger partial charge in [-0.3, -0.25) is 5.10 Å². The molecule has 0 amide bonds. The smallest absolute Gasteiger partial charge is 0.378 e. The van der Waals surface area contributed by atoms with E-state index in [-0.39, 0.29) is 17.8 Å². The van der Waals surface area contributed by atoms with Crippen LogP contribution in [-0.4, -0.2) is 33.8 Å². The Kier molecular flexibility index (Phi) is 3.73. The van der Waals surface area contributed by atoms with Gasteiger partial charge in [-0.1, -0.05) is 12.8 Å². The Balaban J connectivity index is 2.09. The minimum Gasteiger partial charge on any atom is -0.460 e. The summed E-state index contributed by atoms with van der Waals surface area (Å²) >= 11 is 0. The summed E-state index contributed by atoms with van der Waals surface area (Å²) in [7, 11) is 0. The SMILES string of the molecule is CCOC(=O)c1n[nH]c(C2CCCCC2N)n1. The number of nitrogens with zero attached hydrogens (tertiary/aromatic N) is 2. The van der Waals surface area contributed by atoms with Gasteiger partial charge in [0.15, 0.2) is 0 Å². The summed E-state index contributed by atoms with van der Waals surface area (Å²) in [6.45, 7) is 2.08. The molecule has 1 fully saturated rings. The number of H-pyrrole nitrogens is 1. The number of carbonyl (C=O) groups is 1. The van der Waals surface area contributed by atoms with Crippen molar-refractivity contribution in [3.63, 3.8) is 0 Å². The molecule has 2 atom stereocenters. The first-order valence-electron chi connectivity index (χ1n) is 6.07. The Bertz CT molecular complexity index is 391. The maximum absolute atomic E-state index is 11.4. The Labute approximate surface area is 99.9 Å². The lowest BCUT2D eigenvalue weighted by Crippen LogP contribution is -2.32. The molecule has 1 saturated carbocycles. The van der Waals surface area contributed by atoms with Gasteiger partial charge >= 0.3 is 5.97 Å². The third-order valence-corrected chi connectivity index (χ3v) is 3.13. The highest BCUT2D eigenvalue weighted by molar-refractivity contribution is 5.84. The first-order valence-corrected chi connectivity index (χ1v) is 6.07. The number of hydrogen-bond donors (Lipinski definition) is 2. The number of nitrogens with one attached hydrogen (secondary N) is 1. The number of aromatic nitrogens is 3. The van der Waals surface area contributed by atoms with Gasteiger partial charge in [-0.15, -0.1) is 5.10 Å². The molecule has 6 heteroatoms. The summed E-state index contributed by atoms with van der Waals surface area (Å²) < 4.78 is 4.84. The van der Waals surface area contributed by atoms with Crippen molar-refractivity contribution < 1.29 is 9.53 Å². The van der Waals surface area contributed by atoms with E-state index in [0.717, 1.165) is 25.7 Å². The van der Waals surface area contributed by atoms with Crippen LogP contribution >= 0.6 is 0 Å². The third kappa shape index (κ3) is 2.63. The molecule has 1 aliphatic carbocycles. The second kappa shape index (κ2) is 5.27. The van der Waals surface area contributed by atoms with Crippen LogP contribution in [0.3, 0.4) is 0 Å². The van der Waals surface area contributed by atoms with Gasteiger partial charge in [-0.05, 0) is 19.8 Å². The molecule has 0 radical (unpaired) electrons. The van der Waals surface area contributed by atoms with Gasteiger partial charge in [-0.2, -0.15) is 0 Å². The van der Waals surface area contributed by atoms with Gasteiger partial charge in [0.25, 0.3) is 5.82 Å². The maximum Gasteiger partial charge on any atom is 0.378 e. The van der Waals surface area contributed by atoms with E-state index in [0.29, 0.717) is 12.4 Å². The van der Waals surface area contributed by atoms with E-state index in [1.54, 1.807) is 6.92 Å². The lowest BCUT2D eigenvalue weighted by Gasteiger charge is -2.26. The van der Waals surface area contributed by atoms with E-state index in [1.807, 2.05) is 0 Å². The molecular formula is C11H18N4O2. The third-order valence-electron chi connectivity index (χ3n) is 3.13. The van der Waals surface area contributed by atoms with Gasteiger partial charge in [-0.25, -0.2) is 9.78 Å². The molecule has 0 bridgehead atoms. The van der Waals surface area contributed by atoms with Crippen molar-refractivity contribution in [2.24, 2.45) is 5.73 Å². The Morgan fingerprint density at radius 2 is 2.29 bits per heavy atom. The van der Waals surface area contributed by atoms with Crippen molar-refractivity contribution in [3.8, 4) is 0 Å². The van der Waals surface area contributed by atoms with Crippen LogP contribution in [0.15, 0.2) is 0 Å². The van der Waals surface area contributed by atoms with Crippen LogP contribution in [0.5, 0.6) is 0 Å². The number of hydrogen-bond acceptors (Lipinski definition) is 5. The van der Waals surface area contributed by atoms with Crippen molar-refractivity contribution in [1.29, 1.82) is 0 Å². The van der Waals surface area contributed by atoms with Crippen molar-refractivity contribution in [2.75, 3.05) is 6.61 Å². The lowest BCUT2D eigenvalue weighted by molar-refractivity contribution is 0.0512. The number of rotatable bonds is 3. The summed E-state index contributed by atoms with van der Waals surface area (Å²) in [5.74, 6) is 0.499. The fraction of sp³-hybridized carbons (Fsp3) is 0.727. The van der Waals surface area contributed by atoms with Gasteiger partial charge in [0.05, 0.1) is 6.61 Å². The summed E-state index contributed by atoms with van der Waals surface area (Å²) in [4.78, 5) is 15.6. The zero-order chi connectivity index (χ0) is 12.3. The Hall–Kier alpha value is -1.43. The molecule has 2 rings (SSSR count). The number of nitrogens with two attached hydrogens (primary N) is 1. The summed E-state index contributed by atoms with van der Waals surface area (Å²) in [6, 6.07) is 0.103. The number of aromatic amines is 1. The summed E-state index contributed by atoms with van der Waals surface area (Å²) in [5, 5.41) is 6.68. The normalized spacial score (nSPS) is 24.6. The molecule has 0 aromatic carbocycles. The van der Waals surface area contributed by atoms with Crippen molar-refractivity contribution in [3.05, 3.63) is 11.6 Å². The minimum absolute atomic E-state index is 0.0969. The Morgan fingerprint density at radius 1 is 1.53 bits per heavy atom. The number of esters is 1. The molecule has 94 valence electrons. The predicted octanol–water partition coefficient (Wildman–Crippen LogP) is 0.966. The number of carbonyl (C=O) groups excluding carboxylic acids is 1. The van der Waals surface area contributed by atoms with E-state index in [1.165, 1.54) is 0 Å². The first kappa shape index (κ1) is 12.0. The molecule has 6 nitrogen and oxygen atoms in total. The van der Waals surface area contributed by atoms with Crippen LogP contribution in [0.1, 0.15) is 55.0 Å². The fourth-order valence-corrected chi connectivity index (χ4v) is 2.23. The summed E-state index contributed by atoms with van der Waals surface area (Å²) in [6.07, 6.45) is 4.31. The van der Waals surface area contributed by atoms with Crippen LogP contribution in [0, 0.1) is 0 Å². The molecule has 3 N–H and O–H groups in total. The molecule has 2 unspecified atom stereocenters. The molecule has 0 aliphatic heterocycles. The van der Waals surface area contributed by atoms with Gasteiger partial charge < -0.3 is 10.5 Å². The molecule has 1 aromatic rings. The van der Waals surface area contributed by atoms with E-state index in [2.05, 4.69) is 15.2 Å². The van der Waals surface area contributed by atoms with Crippen molar-refractivity contribution in [1.82, 2.24) is 15.2 Å². The van der Waals surface area contributed by atoms with Crippen LogP contribution in [0.25, 0.3) is 0 Å².